The zero-order valence-electron chi connectivity index (χ0n) is 17.0. The van der Waals surface area contributed by atoms with Crippen LogP contribution in [-0.4, -0.2) is 47.8 Å². The Hall–Kier alpha value is -4.40. The fourth-order valence-corrected chi connectivity index (χ4v) is 3.46. The fraction of sp³-hybridized carbons (Fsp3) is 0.0909. The number of aromatic nitrogens is 7. The average Bonchev–Trinajstić information content (AvgIpc) is 3.50. The molecule has 0 saturated carbocycles. The van der Waals surface area contributed by atoms with Crippen LogP contribution >= 0.6 is 0 Å². The van der Waals surface area contributed by atoms with E-state index in [2.05, 4.69) is 41.9 Å². The molecule has 0 saturated heterocycles. The van der Waals surface area contributed by atoms with Crippen molar-refractivity contribution in [3.05, 3.63) is 60.4 Å². The van der Waals surface area contributed by atoms with Gasteiger partial charge >= 0.3 is 0 Å². The second-order valence-electron chi connectivity index (χ2n) is 7.13. The molecule has 0 unspecified atom stereocenters. The molecule has 5 rings (SSSR count). The van der Waals surface area contributed by atoms with Gasteiger partial charge in [0, 0.05) is 18.6 Å². The molecule has 152 valence electrons. The molecule has 2 N–H and O–H groups in total. The third-order valence-electron chi connectivity index (χ3n) is 5.00. The first-order valence-corrected chi connectivity index (χ1v) is 9.63. The van der Waals surface area contributed by atoms with Crippen LogP contribution in [0.25, 0.3) is 44.8 Å². The largest absolute Gasteiger partial charge is 0.337 e. The first-order chi connectivity index (χ1) is 15.1. The molecule has 9 heteroatoms. The van der Waals surface area contributed by atoms with Gasteiger partial charge in [0.15, 0.2) is 11.5 Å². The number of para-hydroxylation sites is 1. The third kappa shape index (κ3) is 3.31. The summed E-state index contributed by atoms with van der Waals surface area (Å²) in [5.74, 6) is 0.691. The Labute approximate surface area is 177 Å². The summed E-state index contributed by atoms with van der Waals surface area (Å²) in [5.41, 5.74) is 6.95. The highest BCUT2D eigenvalue weighted by atomic mass is 15.2. The van der Waals surface area contributed by atoms with Gasteiger partial charge in [-0.2, -0.15) is 5.10 Å². The number of nitrogens with one attached hydrogen (secondary N) is 2. The van der Waals surface area contributed by atoms with E-state index in [1.54, 1.807) is 18.7 Å². The number of aromatic amines is 2. The van der Waals surface area contributed by atoms with E-state index in [9.17, 15) is 0 Å². The first kappa shape index (κ1) is 18.6. The topological polar surface area (TPSA) is 113 Å². The minimum Gasteiger partial charge on any atom is -0.337 e. The van der Waals surface area contributed by atoms with E-state index >= 15 is 0 Å². The average molecular weight is 409 g/mol. The van der Waals surface area contributed by atoms with Crippen LogP contribution in [0.3, 0.4) is 0 Å². The molecule has 0 atom stereocenters. The molecule has 0 spiro atoms. The number of aliphatic imine (C=N–C) groups is 2. The highest BCUT2D eigenvalue weighted by Crippen LogP contribution is 2.29. The van der Waals surface area contributed by atoms with Gasteiger partial charge in [0.2, 0.25) is 0 Å². The van der Waals surface area contributed by atoms with Crippen LogP contribution in [0.15, 0.2) is 59.2 Å². The fourth-order valence-electron chi connectivity index (χ4n) is 3.46. The second kappa shape index (κ2) is 7.45. The summed E-state index contributed by atoms with van der Waals surface area (Å²) in [7, 11) is 0. The van der Waals surface area contributed by atoms with Gasteiger partial charge in [0.05, 0.1) is 28.6 Å². The minimum atomic E-state index is 0.619. The van der Waals surface area contributed by atoms with E-state index in [4.69, 9.17) is 4.98 Å². The van der Waals surface area contributed by atoms with Gasteiger partial charge in [-0.15, -0.1) is 0 Å². The lowest BCUT2D eigenvalue weighted by atomic mass is 10.1. The molecule has 31 heavy (non-hydrogen) atoms. The molecular weight excluding hydrogens is 390 g/mol. The van der Waals surface area contributed by atoms with E-state index in [0.29, 0.717) is 11.5 Å². The van der Waals surface area contributed by atoms with Crippen molar-refractivity contribution in [1.82, 2.24) is 34.7 Å². The number of nitrogens with zero attached hydrogens (tertiary/aromatic N) is 7. The van der Waals surface area contributed by atoms with Gasteiger partial charge < -0.3 is 9.55 Å². The van der Waals surface area contributed by atoms with Gasteiger partial charge in [-0.3, -0.25) is 10.1 Å². The molecule has 9 nitrogen and oxygen atoms in total. The van der Waals surface area contributed by atoms with Crippen molar-refractivity contribution >= 4 is 40.7 Å². The highest BCUT2D eigenvalue weighted by Gasteiger charge is 2.16. The summed E-state index contributed by atoms with van der Waals surface area (Å²) < 4.78 is 1.97. The summed E-state index contributed by atoms with van der Waals surface area (Å²) in [5, 5.41) is 8.29. The number of rotatable bonds is 5. The highest BCUT2D eigenvalue weighted by molar-refractivity contribution is 5.94. The van der Waals surface area contributed by atoms with Gasteiger partial charge in [0.25, 0.3) is 0 Å². The SMILES string of the molecule is C=NC=N/C=C(\C)c1cnc2n[nH]c(-c3nc4c(-n5cnc(C)c5)cccc4[nH]3)c2c1. The van der Waals surface area contributed by atoms with Crippen molar-refractivity contribution in [3.8, 4) is 17.2 Å². The summed E-state index contributed by atoms with van der Waals surface area (Å²) in [4.78, 5) is 24.8. The van der Waals surface area contributed by atoms with Crippen molar-refractivity contribution in [2.75, 3.05) is 0 Å². The van der Waals surface area contributed by atoms with Crippen molar-refractivity contribution in [1.29, 1.82) is 0 Å². The molecule has 0 bridgehead atoms. The van der Waals surface area contributed by atoms with E-state index in [1.165, 1.54) is 6.34 Å². The standard InChI is InChI=1S/C22H19N9/c1-13(8-24-11-23-3)15-7-16-19(29-30-21(16)25-9-15)22-27-17-5-4-6-18(20(17)28-22)31-10-14(2)26-12-31/h4-12H,3H2,1-2H3,(H,27,28)(H,25,29,30)/b13-8+,24-11?. The molecule has 4 aromatic heterocycles. The third-order valence-corrected chi connectivity index (χ3v) is 5.00. The monoisotopic (exact) mass is 409 g/mol. The Morgan fingerprint density at radius 2 is 2.16 bits per heavy atom. The molecule has 5 aromatic rings. The van der Waals surface area contributed by atoms with Gasteiger partial charge in [-0.25, -0.2) is 19.9 Å². The molecule has 0 radical (unpaired) electrons. The Kier molecular flexibility index (Phi) is 4.47. The number of pyridine rings is 1. The maximum absolute atomic E-state index is 4.87. The molecule has 1 aromatic carbocycles. The van der Waals surface area contributed by atoms with Crippen LogP contribution in [0.1, 0.15) is 18.2 Å². The maximum atomic E-state index is 4.87. The van der Waals surface area contributed by atoms with Crippen LogP contribution in [0.2, 0.25) is 0 Å². The summed E-state index contributed by atoms with van der Waals surface area (Å²) in [6.45, 7) is 7.31. The van der Waals surface area contributed by atoms with Crippen molar-refractivity contribution in [3.63, 3.8) is 0 Å². The van der Waals surface area contributed by atoms with Crippen LogP contribution in [-0.2, 0) is 0 Å². The van der Waals surface area contributed by atoms with Crippen LogP contribution < -0.4 is 0 Å². The molecule has 0 fully saturated rings. The first-order valence-electron chi connectivity index (χ1n) is 9.63. The Bertz CT molecular complexity index is 1480. The molecule has 0 aliphatic rings. The Balaban J connectivity index is 1.62. The van der Waals surface area contributed by atoms with Crippen molar-refractivity contribution < 1.29 is 0 Å². The predicted molar refractivity (Wildman–Crippen MR) is 123 cm³/mol. The van der Waals surface area contributed by atoms with E-state index in [-0.39, 0.29) is 0 Å². The number of hydrogen-bond donors (Lipinski definition) is 2. The lowest BCUT2D eigenvalue weighted by Crippen LogP contribution is -1.91. The summed E-state index contributed by atoms with van der Waals surface area (Å²) in [6.07, 6.45) is 8.65. The van der Waals surface area contributed by atoms with Crippen LogP contribution in [0.5, 0.6) is 0 Å². The van der Waals surface area contributed by atoms with Crippen LogP contribution in [0.4, 0.5) is 0 Å². The van der Waals surface area contributed by atoms with E-state index in [1.807, 2.05) is 48.9 Å². The molecule has 0 aliphatic heterocycles. The zero-order chi connectivity index (χ0) is 21.4. The number of fused-ring (bicyclic) bond motifs is 2. The molecular formula is C22H19N9. The number of H-pyrrole nitrogens is 2. The molecule has 0 amide bonds. The lowest BCUT2D eigenvalue weighted by Gasteiger charge is -2.01. The number of benzene rings is 1. The minimum absolute atomic E-state index is 0.619. The second-order valence-corrected chi connectivity index (χ2v) is 7.13. The van der Waals surface area contributed by atoms with Crippen molar-refractivity contribution in [2.24, 2.45) is 9.98 Å². The Morgan fingerprint density at radius 3 is 2.97 bits per heavy atom. The van der Waals surface area contributed by atoms with Gasteiger partial charge in [-0.05, 0) is 49.9 Å². The predicted octanol–water partition coefficient (Wildman–Crippen LogP) is 4.09. The molecule has 4 heterocycles. The van der Waals surface area contributed by atoms with E-state index < -0.39 is 0 Å². The Morgan fingerprint density at radius 1 is 1.26 bits per heavy atom. The van der Waals surface area contributed by atoms with Crippen LogP contribution in [0, 0.1) is 6.92 Å². The maximum Gasteiger partial charge on any atom is 0.181 e. The van der Waals surface area contributed by atoms with Crippen molar-refractivity contribution in [2.45, 2.75) is 13.8 Å². The summed E-state index contributed by atoms with van der Waals surface area (Å²) >= 11 is 0. The zero-order valence-corrected chi connectivity index (χ0v) is 17.0. The number of aryl methyl sites for hydroxylation is 1. The lowest BCUT2D eigenvalue weighted by molar-refractivity contribution is 1.06. The van der Waals surface area contributed by atoms with Gasteiger partial charge in [-0.1, -0.05) is 6.07 Å². The van der Waals surface area contributed by atoms with Gasteiger partial charge in [0.1, 0.15) is 17.5 Å². The van der Waals surface area contributed by atoms with E-state index in [0.717, 1.165) is 44.6 Å². The summed E-state index contributed by atoms with van der Waals surface area (Å²) in [6, 6.07) is 8.04. The molecule has 0 aliphatic carbocycles. The number of hydrogen-bond acceptors (Lipinski definition) is 5. The quantitative estimate of drug-likeness (QED) is 0.336. The number of imidazole rings is 2. The normalized spacial score (nSPS) is 12.4. The number of allylic oxidation sites excluding steroid dienone is 1. The smallest absolute Gasteiger partial charge is 0.181 e.